The standard InChI is InChI=1S/C13H25NO2/c1-15-8-3-2-6-13(10-14)7-9-16-12(13)11-4-5-11/h11-12H,2-10,14H2,1H3. The number of nitrogens with two attached hydrogens (primary N) is 1. The van der Waals surface area contributed by atoms with E-state index < -0.39 is 0 Å². The Hall–Kier alpha value is -0.120. The molecule has 94 valence electrons. The number of rotatable bonds is 7. The van der Waals surface area contributed by atoms with Gasteiger partial charge < -0.3 is 15.2 Å². The fraction of sp³-hybridized carbons (Fsp3) is 1.00. The van der Waals surface area contributed by atoms with Gasteiger partial charge in [0.1, 0.15) is 0 Å². The summed E-state index contributed by atoms with van der Waals surface area (Å²) in [5.74, 6) is 0.813. The Balaban J connectivity index is 1.84. The summed E-state index contributed by atoms with van der Waals surface area (Å²) in [7, 11) is 1.77. The molecule has 16 heavy (non-hydrogen) atoms. The van der Waals surface area contributed by atoms with Crippen LogP contribution in [0.2, 0.25) is 0 Å². The van der Waals surface area contributed by atoms with Gasteiger partial charge in [-0.15, -0.1) is 0 Å². The van der Waals surface area contributed by atoms with Crippen molar-refractivity contribution >= 4 is 0 Å². The van der Waals surface area contributed by atoms with Gasteiger partial charge in [0.15, 0.2) is 0 Å². The van der Waals surface area contributed by atoms with Crippen LogP contribution in [0.25, 0.3) is 0 Å². The highest BCUT2D eigenvalue weighted by atomic mass is 16.5. The third-order valence-electron chi connectivity index (χ3n) is 4.23. The normalized spacial score (nSPS) is 34.5. The van der Waals surface area contributed by atoms with Crippen molar-refractivity contribution in [1.29, 1.82) is 0 Å². The summed E-state index contributed by atoms with van der Waals surface area (Å²) in [6, 6.07) is 0. The van der Waals surface area contributed by atoms with Crippen LogP contribution in [0.3, 0.4) is 0 Å². The Morgan fingerprint density at radius 1 is 1.38 bits per heavy atom. The fourth-order valence-corrected chi connectivity index (χ4v) is 3.05. The number of hydrogen-bond donors (Lipinski definition) is 1. The Labute approximate surface area is 98.7 Å². The zero-order valence-corrected chi connectivity index (χ0v) is 10.4. The Morgan fingerprint density at radius 2 is 2.19 bits per heavy atom. The first-order chi connectivity index (χ1) is 7.82. The van der Waals surface area contributed by atoms with Crippen LogP contribution in [0.1, 0.15) is 38.5 Å². The molecule has 1 saturated heterocycles. The molecular weight excluding hydrogens is 202 g/mol. The molecule has 2 aliphatic rings. The van der Waals surface area contributed by atoms with Crippen molar-refractivity contribution < 1.29 is 9.47 Å². The molecule has 0 aromatic carbocycles. The highest BCUT2D eigenvalue weighted by Crippen LogP contribution is 2.49. The van der Waals surface area contributed by atoms with E-state index in [9.17, 15) is 0 Å². The van der Waals surface area contributed by atoms with Gasteiger partial charge in [0.05, 0.1) is 6.10 Å². The van der Waals surface area contributed by atoms with Crippen LogP contribution in [0, 0.1) is 11.3 Å². The van der Waals surface area contributed by atoms with Gasteiger partial charge in [0.2, 0.25) is 0 Å². The summed E-state index contributed by atoms with van der Waals surface area (Å²) in [5, 5.41) is 0. The van der Waals surface area contributed by atoms with Crippen LogP contribution < -0.4 is 5.73 Å². The molecule has 1 heterocycles. The minimum Gasteiger partial charge on any atom is -0.385 e. The minimum absolute atomic E-state index is 0.287. The van der Waals surface area contributed by atoms with E-state index in [-0.39, 0.29) is 5.41 Å². The van der Waals surface area contributed by atoms with Crippen molar-refractivity contribution in [3.05, 3.63) is 0 Å². The average Bonchev–Trinajstić information content (AvgIpc) is 3.06. The summed E-state index contributed by atoms with van der Waals surface area (Å²) in [5.41, 5.74) is 6.31. The van der Waals surface area contributed by atoms with Crippen molar-refractivity contribution in [2.45, 2.75) is 44.6 Å². The molecule has 0 spiro atoms. The van der Waals surface area contributed by atoms with Gasteiger partial charge >= 0.3 is 0 Å². The summed E-state index contributed by atoms with van der Waals surface area (Å²) in [4.78, 5) is 0. The van der Waals surface area contributed by atoms with Crippen LogP contribution in [0.4, 0.5) is 0 Å². The lowest BCUT2D eigenvalue weighted by molar-refractivity contribution is 0.0285. The van der Waals surface area contributed by atoms with Gasteiger partial charge in [0.25, 0.3) is 0 Å². The van der Waals surface area contributed by atoms with E-state index in [4.69, 9.17) is 15.2 Å². The first-order valence-corrected chi connectivity index (χ1v) is 6.63. The second-order valence-electron chi connectivity index (χ2n) is 5.40. The molecule has 0 aromatic rings. The van der Waals surface area contributed by atoms with Gasteiger partial charge in [-0.05, 0) is 38.0 Å². The van der Waals surface area contributed by atoms with E-state index in [1.54, 1.807) is 7.11 Å². The first-order valence-electron chi connectivity index (χ1n) is 6.63. The maximum atomic E-state index is 6.03. The molecule has 2 unspecified atom stereocenters. The lowest BCUT2D eigenvalue weighted by Gasteiger charge is -2.33. The Bertz CT molecular complexity index is 218. The molecule has 2 N–H and O–H groups in total. The van der Waals surface area contributed by atoms with Crippen LogP contribution in [0.5, 0.6) is 0 Å². The predicted molar refractivity (Wildman–Crippen MR) is 64.3 cm³/mol. The third kappa shape index (κ3) is 2.58. The Morgan fingerprint density at radius 3 is 2.81 bits per heavy atom. The van der Waals surface area contributed by atoms with Crippen LogP contribution in [0.15, 0.2) is 0 Å². The average molecular weight is 227 g/mol. The predicted octanol–water partition coefficient (Wildman–Crippen LogP) is 1.95. The van der Waals surface area contributed by atoms with E-state index in [0.29, 0.717) is 6.10 Å². The van der Waals surface area contributed by atoms with Crippen LogP contribution in [-0.4, -0.2) is 33.0 Å². The lowest BCUT2D eigenvalue weighted by Crippen LogP contribution is -2.39. The largest absolute Gasteiger partial charge is 0.385 e. The zero-order valence-electron chi connectivity index (χ0n) is 10.4. The van der Waals surface area contributed by atoms with Crippen LogP contribution >= 0.6 is 0 Å². The molecule has 0 amide bonds. The van der Waals surface area contributed by atoms with Crippen molar-refractivity contribution in [2.24, 2.45) is 17.1 Å². The molecule has 2 rings (SSSR count). The highest BCUT2D eigenvalue weighted by molar-refractivity contribution is 4.99. The van der Waals surface area contributed by atoms with E-state index in [2.05, 4.69) is 0 Å². The Kier molecular flexibility index (Phi) is 4.22. The second-order valence-corrected chi connectivity index (χ2v) is 5.40. The first kappa shape index (κ1) is 12.3. The number of hydrogen-bond acceptors (Lipinski definition) is 3. The third-order valence-corrected chi connectivity index (χ3v) is 4.23. The SMILES string of the molecule is COCCCCC1(CN)CCOC1C1CC1. The lowest BCUT2D eigenvalue weighted by atomic mass is 9.75. The molecule has 0 aromatic heterocycles. The van der Waals surface area contributed by atoms with Crippen LogP contribution in [-0.2, 0) is 9.47 Å². The maximum absolute atomic E-state index is 6.03. The molecule has 3 nitrogen and oxygen atoms in total. The second kappa shape index (κ2) is 5.48. The summed E-state index contributed by atoms with van der Waals surface area (Å²) < 4.78 is 11.0. The molecule has 0 radical (unpaired) electrons. The van der Waals surface area contributed by atoms with E-state index in [1.807, 2.05) is 0 Å². The molecule has 0 bridgehead atoms. The quantitative estimate of drug-likeness (QED) is 0.676. The smallest absolute Gasteiger partial charge is 0.0672 e. The van der Waals surface area contributed by atoms with Gasteiger partial charge in [-0.25, -0.2) is 0 Å². The van der Waals surface area contributed by atoms with E-state index in [1.165, 1.54) is 25.7 Å². The molecule has 2 atom stereocenters. The van der Waals surface area contributed by atoms with Gasteiger partial charge in [-0.2, -0.15) is 0 Å². The van der Waals surface area contributed by atoms with Gasteiger partial charge in [0, 0.05) is 32.3 Å². The monoisotopic (exact) mass is 227 g/mol. The van der Waals surface area contributed by atoms with Crippen molar-refractivity contribution in [3.63, 3.8) is 0 Å². The summed E-state index contributed by atoms with van der Waals surface area (Å²) >= 11 is 0. The molecule has 1 aliphatic carbocycles. The number of unbranched alkanes of at least 4 members (excludes halogenated alkanes) is 1. The molecule has 1 aliphatic heterocycles. The van der Waals surface area contributed by atoms with Crippen molar-refractivity contribution in [3.8, 4) is 0 Å². The zero-order chi connectivity index (χ0) is 11.4. The van der Waals surface area contributed by atoms with E-state index >= 15 is 0 Å². The van der Waals surface area contributed by atoms with Gasteiger partial charge in [-0.3, -0.25) is 0 Å². The highest BCUT2D eigenvalue weighted by Gasteiger charge is 2.49. The van der Waals surface area contributed by atoms with Crippen molar-refractivity contribution in [1.82, 2.24) is 0 Å². The summed E-state index contributed by atoms with van der Waals surface area (Å²) in [6.45, 7) is 2.58. The number of ether oxygens (including phenoxy) is 2. The topological polar surface area (TPSA) is 44.5 Å². The van der Waals surface area contributed by atoms with Crippen molar-refractivity contribution in [2.75, 3.05) is 26.9 Å². The van der Waals surface area contributed by atoms with E-state index in [0.717, 1.165) is 38.5 Å². The molecule has 3 heteroatoms. The maximum Gasteiger partial charge on any atom is 0.0672 e. The summed E-state index contributed by atoms with van der Waals surface area (Å²) in [6.07, 6.45) is 7.91. The minimum atomic E-state index is 0.287. The molecular formula is C13H25NO2. The fourth-order valence-electron chi connectivity index (χ4n) is 3.05. The van der Waals surface area contributed by atoms with Gasteiger partial charge in [-0.1, -0.05) is 6.42 Å². The number of methoxy groups -OCH3 is 1. The molecule has 1 saturated carbocycles. The molecule has 2 fully saturated rings.